The van der Waals surface area contributed by atoms with Gasteiger partial charge in [-0.3, -0.25) is 10.2 Å². The van der Waals surface area contributed by atoms with Crippen LogP contribution >= 0.6 is 0 Å². The first-order chi connectivity index (χ1) is 19.8. The van der Waals surface area contributed by atoms with Crippen molar-refractivity contribution in [3.05, 3.63) is 72.8 Å². The van der Waals surface area contributed by atoms with Gasteiger partial charge in [0, 0.05) is 59.8 Å². The monoisotopic (exact) mass is 534 g/mol. The molecule has 2 aromatic heterocycles. The Morgan fingerprint density at radius 2 is 0.950 bits per heavy atom. The van der Waals surface area contributed by atoms with Crippen molar-refractivity contribution in [1.82, 2.24) is 30.4 Å². The van der Waals surface area contributed by atoms with Crippen molar-refractivity contribution in [3.8, 4) is 45.6 Å². The highest BCUT2D eigenvalue weighted by molar-refractivity contribution is 5.69. The number of nitrogens with zero attached hydrogens (tertiary/aromatic N) is 6. The Morgan fingerprint density at radius 1 is 0.525 bits per heavy atom. The Hall–Kier alpha value is -4.54. The molecule has 2 saturated heterocycles. The second-order valence-corrected chi connectivity index (χ2v) is 9.89. The maximum Gasteiger partial charge on any atom is 0.181 e. The van der Waals surface area contributed by atoms with Crippen molar-refractivity contribution in [3.63, 3.8) is 0 Å². The van der Waals surface area contributed by atoms with Crippen LogP contribution in [0.1, 0.15) is 0 Å². The smallest absolute Gasteiger partial charge is 0.181 e. The van der Waals surface area contributed by atoms with Gasteiger partial charge in [0.1, 0.15) is 0 Å². The number of hydrogen-bond acceptors (Lipinski definition) is 8. The highest BCUT2D eigenvalue weighted by atomic mass is 16.5. The Labute approximate surface area is 232 Å². The molecule has 2 aliphatic heterocycles. The minimum Gasteiger partial charge on any atom is -0.378 e. The molecule has 0 bridgehead atoms. The lowest BCUT2D eigenvalue weighted by Gasteiger charge is -2.28. The number of anilines is 2. The summed E-state index contributed by atoms with van der Waals surface area (Å²) in [7, 11) is 0. The highest BCUT2D eigenvalue weighted by Crippen LogP contribution is 2.27. The normalized spacial score (nSPS) is 15.9. The van der Waals surface area contributed by atoms with Crippen LogP contribution in [0.4, 0.5) is 11.4 Å². The molecule has 0 unspecified atom stereocenters. The van der Waals surface area contributed by atoms with Crippen molar-refractivity contribution in [2.45, 2.75) is 0 Å². The van der Waals surface area contributed by atoms with Gasteiger partial charge in [-0.1, -0.05) is 18.2 Å². The third-order valence-corrected chi connectivity index (χ3v) is 7.38. The number of nitrogens with one attached hydrogen (secondary N) is 2. The van der Waals surface area contributed by atoms with Gasteiger partial charge in [0.05, 0.1) is 26.4 Å². The first-order valence-corrected chi connectivity index (χ1v) is 13.6. The number of rotatable bonds is 6. The number of ether oxygens (including phenoxy) is 2. The fourth-order valence-electron chi connectivity index (χ4n) is 5.14. The summed E-state index contributed by atoms with van der Waals surface area (Å²) in [5, 5.41) is 15.2. The van der Waals surface area contributed by atoms with E-state index in [0.29, 0.717) is 11.6 Å². The Bertz CT molecular complexity index is 1450. The van der Waals surface area contributed by atoms with Gasteiger partial charge >= 0.3 is 0 Å². The fraction of sp³-hybridized carbons (Fsp3) is 0.267. The number of aromatic amines is 2. The lowest BCUT2D eigenvalue weighted by Crippen LogP contribution is -2.36. The minimum atomic E-state index is 0.628. The molecule has 0 atom stereocenters. The van der Waals surface area contributed by atoms with Crippen LogP contribution in [-0.2, 0) is 9.47 Å². The molecule has 0 spiro atoms. The lowest BCUT2D eigenvalue weighted by molar-refractivity contribution is 0.122. The number of hydrogen-bond donors (Lipinski definition) is 2. The van der Waals surface area contributed by atoms with E-state index in [1.807, 2.05) is 24.3 Å². The first-order valence-electron chi connectivity index (χ1n) is 13.6. The number of aromatic nitrogens is 6. The average Bonchev–Trinajstić information content (AvgIpc) is 3.74. The zero-order chi connectivity index (χ0) is 26.7. The molecular formula is C30H30N8O2. The van der Waals surface area contributed by atoms with E-state index in [2.05, 4.69) is 78.7 Å². The second kappa shape index (κ2) is 10.9. The molecule has 40 heavy (non-hydrogen) atoms. The summed E-state index contributed by atoms with van der Waals surface area (Å²) >= 11 is 0. The van der Waals surface area contributed by atoms with E-state index in [1.165, 1.54) is 11.4 Å². The molecular weight excluding hydrogens is 504 g/mol. The lowest BCUT2D eigenvalue weighted by atomic mass is 10.1. The molecule has 4 heterocycles. The molecule has 2 N–H and O–H groups in total. The third kappa shape index (κ3) is 5.06. The van der Waals surface area contributed by atoms with Crippen LogP contribution < -0.4 is 9.80 Å². The van der Waals surface area contributed by atoms with Crippen LogP contribution in [0.5, 0.6) is 0 Å². The predicted molar refractivity (Wildman–Crippen MR) is 154 cm³/mol. The molecule has 5 aromatic rings. The van der Waals surface area contributed by atoms with Crippen molar-refractivity contribution < 1.29 is 9.47 Å². The van der Waals surface area contributed by atoms with Crippen LogP contribution in [0.25, 0.3) is 45.6 Å². The van der Waals surface area contributed by atoms with Gasteiger partial charge in [-0.2, -0.15) is 10.2 Å². The summed E-state index contributed by atoms with van der Waals surface area (Å²) in [6, 6.07) is 24.8. The largest absolute Gasteiger partial charge is 0.378 e. The summed E-state index contributed by atoms with van der Waals surface area (Å²) in [4.78, 5) is 14.2. The van der Waals surface area contributed by atoms with Gasteiger partial charge in [0.15, 0.2) is 23.3 Å². The SMILES string of the molecule is c1cc(-c2n[nH]c(-c3ccc(N4CCOCC4)cc3)n2)cc(-c2n[nH]c(-c3ccc(N4CCOCC4)cc3)n2)c1. The molecule has 202 valence electrons. The average molecular weight is 535 g/mol. The second-order valence-electron chi connectivity index (χ2n) is 9.89. The zero-order valence-electron chi connectivity index (χ0n) is 22.1. The summed E-state index contributed by atoms with van der Waals surface area (Å²) in [6.07, 6.45) is 0. The third-order valence-electron chi connectivity index (χ3n) is 7.38. The van der Waals surface area contributed by atoms with E-state index in [9.17, 15) is 0 Å². The van der Waals surface area contributed by atoms with Gasteiger partial charge in [-0.25, -0.2) is 9.97 Å². The van der Waals surface area contributed by atoms with E-state index < -0.39 is 0 Å². The summed E-state index contributed by atoms with van der Waals surface area (Å²) in [6.45, 7) is 6.72. The zero-order valence-corrected chi connectivity index (χ0v) is 22.1. The van der Waals surface area contributed by atoms with Crippen LogP contribution in [0.15, 0.2) is 72.8 Å². The summed E-state index contributed by atoms with van der Waals surface area (Å²) in [5.41, 5.74) is 6.16. The van der Waals surface area contributed by atoms with E-state index in [4.69, 9.17) is 19.4 Å². The first kappa shape index (κ1) is 24.5. The summed E-state index contributed by atoms with van der Waals surface area (Å²) in [5.74, 6) is 2.72. The van der Waals surface area contributed by atoms with E-state index >= 15 is 0 Å². The molecule has 7 rings (SSSR count). The molecule has 0 saturated carbocycles. The van der Waals surface area contributed by atoms with Crippen LogP contribution in [0.3, 0.4) is 0 Å². The Morgan fingerprint density at radius 3 is 1.38 bits per heavy atom. The molecule has 2 fully saturated rings. The van der Waals surface area contributed by atoms with Crippen molar-refractivity contribution in [1.29, 1.82) is 0 Å². The van der Waals surface area contributed by atoms with E-state index in [1.54, 1.807) is 0 Å². The Balaban J connectivity index is 1.07. The molecule has 0 amide bonds. The van der Waals surface area contributed by atoms with Gasteiger partial charge in [-0.15, -0.1) is 0 Å². The number of H-pyrrole nitrogens is 2. The van der Waals surface area contributed by atoms with Gasteiger partial charge in [0.25, 0.3) is 0 Å². The molecule has 10 heteroatoms. The number of morpholine rings is 2. The van der Waals surface area contributed by atoms with Crippen LogP contribution in [0, 0.1) is 0 Å². The highest BCUT2D eigenvalue weighted by Gasteiger charge is 2.15. The minimum absolute atomic E-state index is 0.628. The predicted octanol–water partition coefficient (Wildman–Crippen LogP) is 4.26. The molecule has 0 radical (unpaired) electrons. The van der Waals surface area contributed by atoms with Crippen LogP contribution in [-0.4, -0.2) is 83.0 Å². The standard InChI is InChI=1S/C30H30N8O2/c1-2-23(29-31-27(33-35-29)21-4-8-25(9-5-21)37-12-16-39-17-13-37)20-24(3-1)30-32-28(34-36-30)22-6-10-26(11-7-22)38-14-18-40-19-15-38/h1-11,20H,12-19H2,(H,31,33,35)(H,32,34,36). The van der Waals surface area contributed by atoms with Gasteiger partial charge < -0.3 is 19.3 Å². The maximum atomic E-state index is 5.46. The molecule has 2 aliphatic rings. The van der Waals surface area contributed by atoms with Gasteiger partial charge in [-0.05, 0) is 54.6 Å². The molecule has 0 aliphatic carbocycles. The van der Waals surface area contributed by atoms with E-state index in [-0.39, 0.29) is 0 Å². The van der Waals surface area contributed by atoms with Gasteiger partial charge in [0.2, 0.25) is 0 Å². The van der Waals surface area contributed by atoms with Crippen LogP contribution in [0.2, 0.25) is 0 Å². The van der Waals surface area contributed by atoms with Crippen molar-refractivity contribution >= 4 is 11.4 Å². The van der Waals surface area contributed by atoms with Crippen molar-refractivity contribution in [2.75, 3.05) is 62.4 Å². The molecule has 10 nitrogen and oxygen atoms in total. The van der Waals surface area contributed by atoms with Crippen molar-refractivity contribution in [2.24, 2.45) is 0 Å². The fourth-order valence-corrected chi connectivity index (χ4v) is 5.14. The quantitative estimate of drug-likeness (QED) is 0.333. The summed E-state index contributed by atoms with van der Waals surface area (Å²) < 4.78 is 10.9. The molecule has 3 aromatic carbocycles. The number of benzene rings is 3. The van der Waals surface area contributed by atoms with E-state index in [0.717, 1.165) is 86.5 Å². The topological polar surface area (TPSA) is 108 Å². The maximum absolute atomic E-state index is 5.46. The Kier molecular flexibility index (Phi) is 6.68.